The van der Waals surface area contributed by atoms with E-state index in [1.54, 1.807) is 5.32 Å². The number of carbonyl (C=O) groups excluding carboxylic acids is 2. The van der Waals surface area contributed by atoms with Gasteiger partial charge in [-0.2, -0.15) is 13.2 Å². The molecule has 0 unspecified atom stereocenters. The lowest BCUT2D eigenvalue weighted by Crippen LogP contribution is -2.29. The molecule has 0 bridgehead atoms. The zero-order valence-electron chi connectivity index (χ0n) is 9.92. The number of carbonyl (C=O) groups is 2. The molecule has 1 aliphatic rings. The smallest absolute Gasteiger partial charge is 0.317 e. The van der Waals surface area contributed by atoms with Crippen LogP contribution < -0.4 is 5.32 Å². The number of anilines is 1. The lowest BCUT2D eigenvalue weighted by molar-refractivity contribution is -0.167. The molecule has 104 valence electrons. The molecule has 19 heavy (non-hydrogen) atoms. The van der Waals surface area contributed by atoms with E-state index in [0.717, 1.165) is 37.0 Å². The summed E-state index contributed by atoms with van der Waals surface area (Å²) in [5, 5.41) is 3.09. The molecule has 0 aliphatic heterocycles. The van der Waals surface area contributed by atoms with Crippen LogP contribution >= 0.6 is 11.3 Å². The van der Waals surface area contributed by atoms with Crippen LogP contribution in [0.2, 0.25) is 0 Å². The molecule has 0 atom stereocenters. The maximum Gasteiger partial charge on any atom is 0.471 e. The standard InChI is InChI=1S/C12H12F3NO2S/c13-12(14,15)11(18)16-8-5-9(19-6-8)10(17)7-3-1-2-4-7/h5-7H,1-4H2,(H,16,18). The Kier molecular flexibility index (Phi) is 3.93. The number of Topliss-reactive ketones (excluding diaryl/α,β-unsaturated/α-hetero) is 1. The fourth-order valence-electron chi connectivity index (χ4n) is 2.12. The third-order valence-electron chi connectivity index (χ3n) is 3.08. The average molecular weight is 291 g/mol. The van der Waals surface area contributed by atoms with Crippen LogP contribution in [0.15, 0.2) is 11.4 Å². The van der Waals surface area contributed by atoms with Crippen LogP contribution in [-0.4, -0.2) is 17.9 Å². The number of thiophene rings is 1. The maximum absolute atomic E-state index is 12.1. The number of halogens is 3. The fourth-order valence-corrected chi connectivity index (χ4v) is 2.98. The van der Waals surface area contributed by atoms with Gasteiger partial charge >= 0.3 is 12.1 Å². The Hall–Kier alpha value is -1.37. The number of amides is 1. The Bertz CT molecular complexity index is 489. The van der Waals surface area contributed by atoms with E-state index in [2.05, 4.69) is 0 Å². The molecule has 0 spiro atoms. The Morgan fingerprint density at radius 2 is 1.89 bits per heavy atom. The summed E-state index contributed by atoms with van der Waals surface area (Å²) in [5.41, 5.74) is 0.0219. The SMILES string of the molecule is O=C(c1cc(NC(=O)C(F)(F)F)cs1)C1CCCC1. The number of ketones is 1. The number of hydrogen-bond donors (Lipinski definition) is 1. The lowest BCUT2D eigenvalue weighted by Gasteiger charge is -2.06. The van der Waals surface area contributed by atoms with E-state index in [1.165, 1.54) is 11.4 Å². The van der Waals surface area contributed by atoms with Crippen LogP contribution in [0, 0.1) is 5.92 Å². The van der Waals surface area contributed by atoms with Crippen molar-refractivity contribution in [3.05, 3.63) is 16.3 Å². The number of rotatable bonds is 3. The summed E-state index contributed by atoms with van der Waals surface area (Å²) in [5.74, 6) is -2.08. The van der Waals surface area contributed by atoms with Crippen LogP contribution in [0.25, 0.3) is 0 Å². The lowest BCUT2D eigenvalue weighted by atomic mass is 10.0. The second-order valence-corrected chi connectivity index (χ2v) is 5.41. The van der Waals surface area contributed by atoms with Gasteiger partial charge in [0, 0.05) is 11.3 Å². The first-order valence-electron chi connectivity index (χ1n) is 5.89. The summed E-state index contributed by atoms with van der Waals surface area (Å²) in [4.78, 5) is 23.2. The zero-order valence-corrected chi connectivity index (χ0v) is 10.7. The third kappa shape index (κ3) is 3.34. The summed E-state index contributed by atoms with van der Waals surface area (Å²) in [6, 6.07) is 1.31. The molecule has 0 saturated heterocycles. The molecule has 1 aromatic heterocycles. The normalized spacial score (nSPS) is 16.6. The molecular weight excluding hydrogens is 279 g/mol. The molecule has 1 saturated carbocycles. The van der Waals surface area contributed by atoms with Gasteiger partial charge in [-0.25, -0.2) is 0 Å². The molecule has 1 fully saturated rings. The molecule has 1 N–H and O–H groups in total. The predicted molar refractivity (Wildman–Crippen MR) is 65.3 cm³/mol. The highest BCUT2D eigenvalue weighted by molar-refractivity contribution is 7.12. The van der Waals surface area contributed by atoms with Gasteiger partial charge in [0.15, 0.2) is 5.78 Å². The number of nitrogens with one attached hydrogen (secondary N) is 1. The number of hydrogen-bond acceptors (Lipinski definition) is 3. The summed E-state index contributed by atoms with van der Waals surface area (Å²) < 4.78 is 36.2. The van der Waals surface area contributed by atoms with E-state index in [9.17, 15) is 22.8 Å². The Balaban J connectivity index is 2.03. The first-order chi connectivity index (χ1) is 8.88. The first-order valence-corrected chi connectivity index (χ1v) is 6.77. The van der Waals surface area contributed by atoms with Crippen molar-refractivity contribution in [1.82, 2.24) is 0 Å². The monoisotopic (exact) mass is 291 g/mol. The van der Waals surface area contributed by atoms with Gasteiger partial charge in [-0.1, -0.05) is 12.8 Å². The zero-order chi connectivity index (χ0) is 14.0. The van der Waals surface area contributed by atoms with E-state index < -0.39 is 12.1 Å². The second kappa shape index (κ2) is 5.32. The van der Waals surface area contributed by atoms with Gasteiger partial charge in [-0.05, 0) is 18.9 Å². The van der Waals surface area contributed by atoms with Gasteiger partial charge in [0.1, 0.15) is 0 Å². The Morgan fingerprint density at radius 3 is 2.47 bits per heavy atom. The molecule has 1 heterocycles. The highest BCUT2D eigenvalue weighted by atomic mass is 32.1. The van der Waals surface area contributed by atoms with Gasteiger partial charge in [-0.3, -0.25) is 9.59 Å². The van der Waals surface area contributed by atoms with Gasteiger partial charge in [0.05, 0.1) is 10.6 Å². The van der Waals surface area contributed by atoms with E-state index in [4.69, 9.17) is 0 Å². The van der Waals surface area contributed by atoms with Crippen LogP contribution in [-0.2, 0) is 4.79 Å². The highest BCUT2D eigenvalue weighted by Crippen LogP contribution is 2.31. The van der Waals surface area contributed by atoms with E-state index >= 15 is 0 Å². The Morgan fingerprint density at radius 1 is 1.26 bits per heavy atom. The molecule has 2 rings (SSSR count). The van der Waals surface area contributed by atoms with Crippen molar-refractivity contribution in [2.45, 2.75) is 31.9 Å². The van der Waals surface area contributed by atoms with Crippen LogP contribution in [0.3, 0.4) is 0 Å². The fraction of sp³-hybridized carbons (Fsp3) is 0.500. The van der Waals surface area contributed by atoms with Crippen LogP contribution in [0.4, 0.5) is 18.9 Å². The minimum atomic E-state index is -4.92. The average Bonchev–Trinajstić information content (AvgIpc) is 2.97. The van der Waals surface area contributed by atoms with Crippen LogP contribution in [0.1, 0.15) is 35.4 Å². The van der Waals surface area contributed by atoms with Gasteiger partial charge < -0.3 is 5.32 Å². The quantitative estimate of drug-likeness (QED) is 0.864. The van der Waals surface area contributed by atoms with Crippen LogP contribution in [0.5, 0.6) is 0 Å². The highest BCUT2D eigenvalue weighted by Gasteiger charge is 2.38. The molecule has 3 nitrogen and oxygen atoms in total. The first kappa shape index (κ1) is 14.0. The maximum atomic E-state index is 12.1. The molecular formula is C12H12F3NO2S. The summed E-state index contributed by atoms with van der Waals surface area (Å²) in [6.45, 7) is 0. The van der Waals surface area contributed by atoms with E-state index in [1.807, 2.05) is 0 Å². The number of alkyl halides is 3. The largest absolute Gasteiger partial charge is 0.471 e. The molecule has 7 heteroatoms. The minimum Gasteiger partial charge on any atom is -0.317 e. The Labute approximate surface area is 111 Å². The molecule has 1 aromatic rings. The summed E-state index contributed by atoms with van der Waals surface area (Å²) in [7, 11) is 0. The van der Waals surface area contributed by atoms with Crippen molar-refractivity contribution in [2.75, 3.05) is 5.32 Å². The van der Waals surface area contributed by atoms with Crippen molar-refractivity contribution < 1.29 is 22.8 Å². The molecule has 0 radical (unpaired) electrons. The minimum absolute atomic E-state index is 0.0219. The van der Waals surface area contributed by atoms with Gasteiger partial charge in [-0.15, -0.1) is 11.3 Å². The summed E-state index contributed by atoms with van der Waals surface area (Å²) >= 11 is 1.07. The molecule has 1 amide bonds. The summed E-state index contributed by atoms with van der Waals surface area (Å²) in [6.07, 6.45) is -1.22. The van der Waals surface area contributed by atoms with Crippen molar-refractivity contribution in [2.24, 2.45) is 5.92 Å². The van der Waals surface area contributed by atoms with Gasteiger partial charge in [0.2, 0.25) is 0 Å². The predicted octanol–water partition coefficient (Wildman–Crippen LogP) is 3.62. The van der Waals surface area contributed by atoms with Crippen molar-refractivity contribution in [1.29, 1.82) is 0 Å². The van der Waals surface area contributed by atoms with Crippen molar-refractivity contribution >= 4 is 28.7 Å². The van der Waals surface area contributed by atoms with E-state index in [-0.39, 0.29) is 17.4 Å². The molecule has 1 aliphatic carbocycles. The second-order valence-electron chi connectivity index (χ2n) is 4.50. The van der Waals surface area contributed by atoms with Crippen molar-refractivity contribution in [3.63, 3.8) is 0 Å². The molecule has 0 aromatic carbocycles. The van der Waals surface area contributed by atoms with E-state index in [0.29, 0.717) is 4.88 Å². The van der Waals surface area contributed by atoms with Gasteiger partial charge in [0.25, 0.3) is 0 Å². The topological polar surface area (TPSA) is 46.2 Å². The van der Waals surface area contributed by atoms with Crippen molar-refractivity contribution in [3.8, 4) is 0 Å². The third-order valence-corrected chi connectivity index (χ3v) is 4.03.